The van der Waals surface area contributed by atoms with E-state index in [1.807, 2.05) is 0 Å². The van der Waals surface area contributed by atoms with Crippen molar-refractivity contribution in [1.82, 2.24) is 0 Å². The predicted molar refractivity (Wildman–Crippen MR) is 55.9 cm³/mol. The van der Waals surface area contributed by atoms with Crippen molar-refractivity contribution in [2.45, 2.75) is 4.90 Å². The summed E-state index contributed by atoms with van der Waals surface area (Å²) < 4.78 is 0. The summed E-state index contributed by atoms with van der Waals surface area (Å²) in [6, 6.07) is 3.17. The normalized spacial score (nSPS) is 9.09. The summed E-state index contributed by atoms with van der Waals surface area (Å²) in [7, 11) is 0. The van der Waals surface area contributed by atoms with Crippen LogP contribution in [0.1, 0.15) is 0 Å². The van der Waals surface area contributed by atoms with Gasteiger partial charge in [-0.1, -0.05) is 34.8 Å². The zero-order valence-corrected chi connectivity index (χ0v) is 7.90. The molecule has 0 bridgehead atoms. The van der Waals surface area contributed by atoms with E-state index in [1.165, 1.54) is 0 Å². The first-order valence-corrected chi connectivity index (χ1v) is 4.03. The Kier molecular flexibility index (Phi) is 5.92. The molecule has 5 heteroatoms. The molecule has 0 aliphatic heterocycles. The second-order valence-electron chi connectivity index (χ2n) is 1.72. The molecule has 0 amide bonds. The zero-order chi connectivity index (χ0) is 7.72. The fourth-order valence-electron chi connectivity index (χ4n) is 0.512. The molecule has 1 aromatic rings. The number of halogens is 3. The van der Waals surface area contributed by atoms with Crippen molar-refractivity contribution >= 4 is 77.0 Å². The Hall–Kier alpha value is 1.44. The summed E-state index contributed by atoms with van der Waals surface area (Å²) >= 11 is 21.0. The van der Waals surface area contributed by atoms with Crippen LogP contribution in [0.3, 0.4) is 0 Å². The zero-order valence-electron chi connectivity index (χ0n) is 4.74. The van der Waals surface area contributed by atoms with Crippen LogP contribution in [0.15, 0.2) is 17.0 Å². The number of thiol groups is 1. The molecule has 0 saturated heterocycles. The van der Waals surface area contributed by atoms with Crippen molar-refractivity contribution < 1.29 is 0 Å². The van der Waals surface area contributed by atoms with Gasteiger partial charge in [0.1, 0.15) is 0 Å². The molecule has 0 N–H and O–H groups in total. The van der Waals surface area contributed by atoms with E-state index in [2.05, 4.69) is 12.6 Å². The number of rotatable bonds is 0. The van der Waals surface area contributed by atoms with E-state index < -0.39 is 0 Å². The average Bonchev–Trinajstić information content (AvgIpc) is 1.84. The molecular weight excluding hydrogens is 233 g/mol. The minimum absolute atomic E-state index is 0. The summed E-state index contributed by atoms with van der Waals surface area (Å²) in [5, 5.41) is 1.43. The van der Waals surface area contributed by atoms with E-state index in [1.54, 1.807) is 12.1 Å². The molecule has 0 aromatic heterocycles. The Bertz CT molecular complexity index is 214. The molecule has 1 aromatic carbocycles. The minimum atomic E-state index is 0. The van der Waals surface area contributed by atoms with Gasteiger partial charge in [0.05, 0.1) is 15.1 Å². The molecule has 0 fully saturated rings. The third-order valence-electron chi connectivity index (χ3n) is 0.990. The number of hydrogen-bond donors (Lipinski definition) is 1. The van der Waals surface area contributed by atoms with Crippen LogP contribution in [-0.4, -0.2) is 29.6 Å². The van der Waals surface area contributed by atoms with Gasteiger partial charge in [0.25, 0.3) is 0 Å². The van der Waals surface area contributed by atoms with Crippen LogP contribution < -0.4 is 0 Å². The van der Waals surface area contributed by atoms with Gasteiger partial charge >= 0.3 is 29.6 Å². The Labute approximate surface area is 108 Å². The van der Waals surface area contributed by atoms with Gasteiger partial charge in [0, 0.05) is 4.90 Å². The molecule has 0 unspecified atom stereocenters. The Morgan fingerprint density at radius 1 is 0.909 bits per heavy atom. The third kappa shape index (κ3) is 3.35. The van der Waals surface area contributed by atoms with Crippen molar-refractivity contribution in [2.75, 3.05) is 0 Å². The molecule has 0 atom stereocenters. The van der Waals surface area contributed by atoms with Gasteiger partial charge in [-0.25, -0.2) is 0 Å². The molecule has 0 nitrogen and oxygen atoms in total. The number of hydrogen-bond acceptors (Lipinski definition) is 1. The van der Waals surface area contributed by atoms with E-state index in [9.17, 15) is 0 Å². The summed E-state index contributed by atoms with van der Waals surface area (Å²) in [5.74, 6) is 0. The summed E-state index contributed by atoms with van der Waals surface area (Å²) in [6.45, 7) is 0. The van der Waals surface area contributed by atoms with Gasteiger partial charge < -0.3 is 0 Å². The second kappa shape index (κ2) is 5.23. The van der Waals surface area contributed by atoms with Gasteiger partial charge in [-0.3, -0.25) is 0 Å². The van der Waals surface area contributed by atoms with E-state index in [0.717, 1.165) is 0 Å². The third-order valence-corrected chi connectivity index (χ3v) is 2.53. The number of benzene rings is 1. The topological polar surface area (TPSA) is 0 Å². The van der Waals surface area contributed by atoms with Crippen LogP contribution in [0.4, 0.5) is 0 Å². The average molecular weight is 238 g/mol. The SMILES string of the molecule is Sc1cc(Cl)c(Cl)cc1Cl.[NaH]. The van der Waals surface area contributed by atoms with E-state index in [0.29, 0.717) is 20.0 Å². The molecule has 11 heavy (non-hydrogen) atoms. The second-order valence-corrected chi connectivity index (χ2v) is 3.42. The van der Waals surface area contributed by atoms with E-state index in [4.69, 9.17) is 34.8 Å². The summed E-state index contributed by atoms with van der Waals surface area (Å²) in [5.41, 5.74) is 0. The summed E-state index contributed by atoms with van der Waals surface area (Å²) in [4.78, 5) is 0.635. The van der Waals surface area contributed by atoms with Crippen molar-refractivity contribution in [1.29, 1.82) is 0 Å². The maximum absolute atomic E-state index is 5.67. The Balaban J connectivity index is 0.000001000. The van der Waals surface area contributed by atoms with Crippen LogP contribution in [0.5, 0.6) is 0 Å². The maximum atomic E-state index is 5.67. The van der Waals surface area contributed by atoms with Gasteiger partial charge in [-0.2, -0.15) is 0 Å². The standard InChI is InChI=1S/C6H3Cl3S.Na.H/c7-3-1-5(9)6(10)2-4(3)8;;/h1-2,10H;;. The Morgan fingerprint density at radius 3 is 1.82 bits per heavy atom. The van der Waals surface area contributed by atoms with Gasteiger partial charge in [-0.15, -0.1) is 12.6 Å². The molecule has 0 radical (unpaired) electrons. The van der Waals surface area contributed by atoms with Crippen LogP contribution >= 0.6 is 47.4 Å². The first-order valence-electron chi connectivity index (χ1n) is 2.45. The Morgan fingerprint density at radius 2 is 1.36 bits per heavy atom. The molecule has 0 aliphatic carbocycles. The molecule has 0 heterocycles. The van der Waals surface area contributed by atoms with Crippen LogP contribution in [0.25, 0.3) is 0 Å². The first kappa shape index (κ1) is 12.4. The molecule has 1 rings (SSSR count). The molecule has 0 spiro atoms. The first-order chi connectivity index (χ1) is 4.61. The molecular formula is C6H4Cl3NaS. The molecule has 0 aliphatic rings. The van der Waals surface area contributed by atoms with Gasteiger partial charge in [-0.05, 0) is 12.1 Å². The van der Waals surface area contributed by atoms with E-state index in [-0.39, 0.29) is 29.6 Å². The van der Waals surface area contributed by atoms with Crippen LogP contribution in [-0.2, 0) is 0 Å². The van der Waals surface area contributed by atoms with Gasteiger partial charge in [0.2, 0.25) is 0 Å². The molecule has 56 valence electrons. The fourth-order valence-corrected chi connectivity index (χ4v) is 1.33. The van der Waals surface area contributed by atoms with Crippen molar-refractivity contribution in [3.05, 3.63) is 27.2 Å². The van der Waals surface area contributed by atoms with Crippen molar-refractivity contribution in [3.8, 4) is 0 Å². The predicted octanol–water partition coefficient (Wildman–Crippen LogP) is 3.29. The van der Waals surface area contributed by atoms with Crippen molar-refractivity contribution in [3.63, 3.8) is 0 Å². The summed E-state index contributed by atoms with van der Waals surface area (Å²) in [6.07, 6.45) is 0. The van der Waals surface area contributed by atoms with Crippen molar-refractivity contribution in [2.24, 2.45) is 0 Å². The van der Waals surface area contributed by atoms with E-state index >= 15 is 0 Å². The monoisotopic (exact) mass is 236 g/mol. The fraction of sp³-hybridized carbons (Fsp3) is 0. The van der Waals surface area contributed by atoms with Gasteiger partial charge in [0.15, 0.2) is 0 Å². The van der Waals surface area contributed by atoms with Crippen LogP contribution in [0, 0.1) is 0 Å². The quantitative estimate of drug-likeness (QED) is 0.400. The molecule has 0 saturated carbocycles. The van der Waals surface area contributed by atoms with Crippen LogP contribution in [0.2, 0.25) is 15.1 Å².